The lowest BCUT2D eigenvalue weighted by Crippen LogP contribution is -2.60. The van der Waals surface area contributed by atoms with Gasteiger partial charge in [-0.05, 0) is 60.7 Å². The number of amides is 5. The second kappa shape index (κ2) is 9.27. The van der Waals surface area contributed by atoms with Gasteiger partial charge in [-0.2, -0.15) is 4.90 Å². The highest BCUT2D eigenvalue weighted by Gasteiger charge is 2.77. The van der Waals surface area contributed by atoms with E-state index in [1.165, 1.54) is 30.3 Å². The Morgan fingerprint density at radius 2 is 1.71 bits per heavy atom. The molecular formula is C28H20Cl3FN2O7. The summed E-state index contributed by atoms with van der Waals surface area (Å²) in [4.78, 5) is 64.2. The van der Waals surface area contributed by atoms with Crippen LogP contribution in [-0.4, -0.2) is 56.6 Å². The van der Waals surface area contributed by atoms with E-state index in [-0.39, 0.29) is 34.9 Å². The van der Waals surface area contributed by atoms with Crippen molar-refractivity contribution >= 4 is 70.2 Å². The van der Waals surface area contributed by atoms with Crippen molar-refractivity contribution in [3.8, 4) is 5.75 Å². The van der Waals surface area contributed by atoms with Crippen LogP contribution in [0.15, 0.2) is 54.1 Å². The van der Waals surface area contributed by atoms with E-state index in [0.717, 1.165) is 24.1 Å². The first kappa shape index (κ1) is 27.7. The Morgan fingerprint density at radius 3 is 2.34 bits per heavy atom. The maximum Gasteiger partial charge on any atom is 0.423 e. The number of likely N-dealkylation sites (tertiary alicyclic amines) is 1. The number of anilines is 1. The van der Waals surface area contributed by atoms with E-state index in [4.69, 9.17) is 34.8 Å². The van der Waals surface area contributed by atoms with Gasteiger partial charge in [0, 0.05) is 10.9 Å². The number of aromatic hydroxyl groups is 1. The van der Waals surface area contributed by atoms with Crippen LogP contribution >= 0.6 is 34.8 Å². The largest absolute Gasteiger partial charge is 0.508 e. The lowest BCUT2D eigenvalue weighted by atomic mass is 9.56. The van der Waals surface area contributed by atoms with Crippen LogP contribution in [0.4, 0.5) is 14.9 Å². The third-order valence-corrected chi connectivity index (χ3v) is 10.3. The van der Waals surface area contributed by atoms with Crippen LogP contribution in [0.3, 0.4) is 0 Å². The molecule has 4 aliphatic rings. The lowest BCUT2D eigenvalue weighted by molar-refractivity contribution is -0.138. The highest BCUT2D eigenvalue weighted by molar-refractivity contribution is 6.58. The molecular weight excluding hydrogens is 602 g/mol. The minimum absolute atomic E-state index is 0.0169. The van der Waals surface area contributed by atoms with Gasteiger partial charge in [0.2, 0.25) is 11.8 Å². The fraction of sp³-hybridized carbons (Fsp3) is 0.321. The van der Waals surface area contributed by atoms with Gasteiger partial charge in [-0.1, -0.05) is 29.3 Å². The van der Waals surface area contributed by atoms with Gasteiger partial charge in [-0.3, -0.25) is 19.2 Å². The van der Waals surface area contributed by atoms with E-state index in [1.54, 1.807) is 6.08 Å². The number of hydrogen-bond donors (Lipinski definition) is 1. The van der Waals surface area contributed by atoms with Crippen molar-refractivity contribution in [1.82, 2.24) is 4.90 Å². The topological polar surface area (TPSA) is 121 Å². The molecule has 1 N–H and O–H groups in total. The van der Waals surface area contributed by atoms with E-state index in [2.05, 4.69) is 4.74 Å². The summed E-state index contributed by atoms with van der Waals surface area (Å²) in [6, 6.07) is 8.64. The van der Waals surface area contributed by atoms with Crippen molar-refractivity contribution in [3.63, 3.8) is 0 Å². The highest BCUT2D eigenvalue weighted by Crippen LogP contribution is 2.66. The summed E-state index contributed by atoms with van der Waals surface area (Å²) >= 11 is 21.0. The number of alkyl halides is 2. The quantitative estimate of drug-likeness (QED) is 0.298. The molecule has 0 spiro atoms. The van der Waals surface area contributed by atoms with E-state index in [0.29, 0.717) is 10.5 Å². The molecule has 2 saturated heterocycles. The molecule has 13 heteroatoms. The first-order valence-electron chi connectivity index (χ1n) is 12.5. The third kappa shape index (κ3) is 3.57. The fourth-order valence-corrected chi connectivity index (χ4v) is 7.98. The fourth-order valence-electron chi connectivity index (χ4n) is 6.77. The number of carbonyl (C=O) groups is 5. The van der Waals surface area contributed by atoms with Crippen molar-refractivity contribution in [1.29, 1.82) is 0 Å². The van der Waals surface area contributed by atoms with Crippen LogP contribution in [0.1, 0.15) is 24.3 Å². The van der Waals surface area contributed by atoms with Gasteiger partial charge in [0.15, 0.2) is 9.75 Å². The molecule has 2 heterocycles. The second-order valence-corrected chi connectivity index (χ2v) is 12.1. The Bertz CT molecular complexity index is 1600. The van der Waals surface area contributed by atoms with Gasteiger partial charge in [0.1, 0.15) is 11.6 Å². The molecule has 3 fully saturated rings. The molecule has 2 aliphatic heterocycles. The molecule has 0 bridgehead atoms. The maximum atomic E-state index is 14.2. The van der Waals surface area contributed by atoms with Crippen LogP contribution in [0, 0.1) is 23.6 Å². The summed E-state index contributed by atoms with van der Waals surface area (Å²) in [6.45, 7) is 0. The molecule has 41 heavy (non-hydrogen) atoms. The van der Waals surface area contributed by atoms with Crippen LogP contribution in [-0.2, 0) is 23.9 Å². The molecule has 2 aromatic carbocycles. The number of allylic oxidation sites excluding steroid dienone is 2. The Balaban J connectivity index is 1.56. The molecule has 6 unspecified atom stereocenters. The smallest absolute Gasteiger partial charge is 0.423 e. The number of rotatable bonds is 2. The van der Waals surface area contributed by atoms with Gasteiger partial charge < -0.3 is 9.84 Å². The standard InChI is InChI=1S/C28H20Cl3FN2O7/c1-41-26(40)34-22(36)17-9-8-15-18(20(17)23(34)37)11-27(30)24(38)33(13-4-2-12(32)3-5-13)25(39)28(27,31)21(15)16-7-6-14(35)10-19(16)29/h2-8,10,17-18,20-21,35H,9,11H2,1H3. The van der Waals surface area contributed by atoms with Crippen molar-refractivity contribution in [2.24, 2.45) is 17.8 Å². The molecule has 2 aromatic rings. The van der Waals surface area contributed by atoms with Gasteiger partial charge in [0.05, 0.1) is 24.6 Å². The summed E-state index contributed by atoms with van der Waals surface area (Å²) in [5.41, 5.74) is 0.730. The Hall–Kier alpha value is -3.47. The molecule has 0 radical (unpaired) electrons. The molecule has 2 aliphatic carbocycles. The molecule has 0 aromatic heterocycles. The lowest BCUT2D eigenvalue weighted by Gasteiger charge is -2.50. The number of methoxy groups -OCH3 is 1. The number of phenols is 1. The predicted octanol–water partition coefficient (Wildman–Crippen LogP) is 4.51. The Morgan fingerprint density at radius 1 is 1.02 bits per heavy atom. The van der Waals surface area contributed by atoms with Crippen LogP contribution in [0.25, 0.3) is 0 Å². The number of hydrogen-bond acceptors (Lipinski definition) is 7. The summed E-state index contributed by atoms with van der Waals surface area (Å²) < 4.78 is 18.4. The Kier molecular flexibility index (Phi) is 6.26. The van der Waals surface area contributed by atoms with Gasteiger partial charge in [-0.25, -0.2) is 14.1 Å². The molecule has 6 atom stereocenters. The van der Waals surface area contributed by atoms with Gasteiger partial charge >= 0.3 is 6.09 Å². The average molecular weight is 622 g/mol. The molecule has 212 valence electrons. The maximum absolute atomic E-state index is 14.2. The summed E-state index contributed by atoms with van der Waals surface area (Å²) in [5, 5.41) is 10.0. The van der Waals surface area contributed by atoms with Crippen molar-refractivity contribution in [2.75, 3.05) is 12.0 Å². The number of imide groups is 4. The molecule has 9 nitrogen and oxygen atoms in total. The van der Waals surface area contributed by atoms with Crippen LogP contribution in [0.2, 0.25) is 5.02 Å². The zero-order chi connectivity index (χ0) is 29.6. The predicted molar refractivity (Wildman–Crippen MR) is 144 cm³/mol. The number of nitrogens with zero attached hydrogens (tertiary/aromatic N) is 2. The monoisotopic (exact) mass is 620 g/mol. The average Bonchev–Trinajstić information content (AvgIpc) is 3.27. The number of benzene rings is 2. The normalized spacial score (nSPS) is 32.5. The zero-order valence-electron chi connectivity index (χ0n) is 21.1. The molecule has 5 amide bonds. The van der Waals surface area contributed by atoms with Gasteiger partial charge in [-0.15, -0.1) is 23.2 Å². The summed E-state index contributed by atoms with van der Waals surface area (Å²) in [7, 11) is 1.04. The number of phenolic OH excluding ortho intramolecular Hbond substituents is 1. The summed E-state index contributed by atoms with van der Waals surface area (Å²) in [6.07, 6.45) is 0.247. The second-order valence-electron chi connectivity index (χ2n) is 10.4. The highest BCUT2D eigenvalue weighted by atomic mass is 35.5. The van der Waals surface area contributed by atoms with E-state index in [1.807, 2.05) is 0 Å². The van der Waals surface area contributed by atoms with Crippen molar-refractivity contribution in [2.45, 2.75) is 28.5 Å². The van der Waals surface area contributed by atoms with E-state index in [9.17, 15) is 33.5 Å². The number of halogens is 4. The number of carbonyl (C=O) groups excluding carboxylic acids is 5. The third-order valence-electron chi connectivity index (χ3n) is 8.55. The zero-order valence-corrected chi connectivity index (χ0v) is 23.4. The first-order valence-corrected chi connectivity index (χ1v) is 13.7. The first-order chi connectivity index (χ1) is 19.4. The van der Waals surface area contributed by atoms with Crippen LogP contribution in [0.5, 0.6) is 5.75 Å². The minimum atomic E-state index is -2.18. The van der Waals surface area contributed by atoms with Gasteiger partial charge in [0.25, 0.3) is 11.8 Å². The Labute approximate surface area is 247 Å². The SMILES string of the molecule is COC(=O)N1C(=O)C2CC=C3C(CC4(Cl)C(=O)N(c5ccc(F)cc5)C(=O)C4(Cl)C3c3ccc(O)cc3Cl)C2C1=O. The minimum Gasteiger partial charge on any atom is -0.508 e. The van der Waals surface area contributed by atoms with E-state index >= 15 is 0 Å². The molecule has 1 saturated carbocycles. The van der Waals surface area contributed by atoms with Crippen molar-refractivity contribution < 1.29 is 38.2 Å². The molecule has 6 rings (SSSR count). The van der Waals surface area contributed by atoms with Crippen LogP contribution < -0.4 is 4.90 Å². The summed E-state index contributed by atoms with van der Waals surface area (Å²) in [5.74, 6) is -8.22. The van der Waals surface area contributed by atoms with E-state index < -0.39 is 69.0 Å². The number of fused-ring (bicyclic) bond motifs is 4. The number of ether oxygens (including phenoxy) is 1. The van der Waals surface area contributed by atoms with Crippen molar-refractivity contribution in [3.05, 3.63) is 70.5 Å².